The zero-order valence-corrected chi connectivity index (χ0v) is 12.3. The minimum Gasteiger partial charge on any atom is -0.349 e. The molecule has 0 fully saturated rings. The molecule has 0 aromatic carbocycles. The molecule has 18 heavy (non-hydrogen) atoms. The van der Waals surface area contributed by atoms with Gasteiger partial charge in [0.1, 0.15) is 0 Å². The Labute approximate surface area is 114 Å². The van der Waals surface area contributed by atoms with Crippen LogP contribution < -0.4 is 11.1 Å². The van der Waals surface area contributed by atoms with E-state index in [0.29, 0.717) is 0 Å². The molecule has 0 bridgehead atoms. The average Bonchev–Trinajstić information content (AvgIpc) is 2.81. The fourth-order valence-electron chi connectivity index (χ4n) is 1.84. The Kier molecular flexibility index (Phi) is 6.36. The van der Waals surface area contributed by atoms with Crippen LogP contribution in [0.25, 0.3) is 0 Å². The van der Waals surface area contributed by atoms with E-state index in [1.807, 2.05) is 32.2 Å². The molecule has 0 aliphatic heterocycles. The standard InChI is InChI=1S/C14H24N2OS/c1-10(6-4-7-11(2)15)14(17)16-12(3)13-8-5-9-18-13/h5,8-12H,4,6-7,15H2,1-3H3,(H,16,17)/t10?,11?,12-/m1/s1. The van der Waals surface area contributed by atoms with Crippen molar-refractivity contribution < 1.29 is 4.79 Å². The smallest absolute Gasteiger partial charge is 0.223 e. The van der Waals surface area contributed by atoms with E-state index in [1.165, 1.54) is 4.88 Å². The van der Waals surface area contributed by atoms with Crippen molar-refractivity contribution in [2.75, 3.05) is 0 Å². The molecule has 4 heteroatoms. The van der Waals surface area contributed by atoms with E-state index in [0.717, 1.165) is 19.3 Å². The van der Waals surface area contributed by atoms with Crippen LogP contribution >= 0.6 is 11.3 Å². The van der Waals surface area contributed by atoms with Crippen molar-refractivity contribution in [2.45, 2.75) is 52.1 Å². The van der Waals surface area contributed by atoms with Gasteiger partial charge in [0, 0.05) is 16.8 Å². The fourth-order valence-corrected chi connectivity index (χ4v) is 2.58. The van der Waals surface area contributed by atoms with Crippen molar-refractivity contribution in [3.63, 3.8) is 0 Å². The predicted molar refractivity (Wildman–Crippen MR) is 77.5 cm³/mol. The van der Waals surface area contributed by atoms with Crippen molar-refractivity contribution in [3.8, 4) is 0 Å². The van der Waals surface area contributed by atoms with Gasteiger partial charge in [-0.3, -0.25) is 4.79 Å². The minimum absolute atomic E-state index is 0.0613. The van der Waals surface area contributed by atoms with E-state index in [2.05, 4.69) is 11.4 Å². The topological polar surface area (TPSA) is 55.1 Å². The molecule has 1 rings (SSSR count). The third-order valence-electron chi connectivity index (χ3n) is 3.07. The highest BCUT2D eigenvalue weighted by Crippen LogP contribution is 2.19. The van der Waals surface area contributed by atoms with Crippen LogP contribution in [0.15, 0.2) is 17.5 Å². The van der Waals surface area contributed by atoms with Crippen molar-refractivity contribution in [1.82, 2.24) is 5.32 Å². The molecule has 1 heterocycles. The van der Waals surface area contributed by atoms with Gasteiger partial charge in [0.15, 0.2) is 0 Å². The lowest BCUT2D eigenvalue weighted by Crippen LogP contribution is -2.31. The summed E-state index contributed by atoms with van der Waals surface area (Å²) in [6.07, 6.45) is 2.91. The summed E-state index contributed by atoms with van der Waals surface area (Å²) in [5, 5.41) is 5.09. The van der Waals surface area contributed by atoms with E-state index in [1.54, 1.807) is 11.3 Å². The summed E-state index contributed by atoms with van der Waals surface area (Å²) in [6.45, 7) is 6.01. The van der Waals surface area contributed by atoms with Crippen LogP contribution in [0, 0.1) is 5.92 Å². The number of rotatable bonds is 7. The summed E-state index contributed by atoms with van der Waals surface area (Å²) < 4.78 is 0. The molecular weight excluding hydrogens is 244 g/mol. The monoisotopic (exact) mass is 268 g/mol. The van der Waals surface area contributed by atoms with Crippen LogP contribution in [0.2, 0.25) is 0 Å². The van der Waals surface area contributed by atoms with E-state index in [4.69, 9.17) is 5.73 Å². The molecule has 0 spiro atoms. The molecule has 0 aliphatic rings. The SMILES string of the molecule is CC(N)CCCC(C)C(=O)N[C@H](C)c1cccs1. The first-order valence-corrected chi connectivity index (χ1v) is 7.48. The molecule has 3 nitrogen and oxygen atoms in total. The Balaban J connectivity index is 2.31. The highest BCUT2D eigenvalue weighted by Gasteiger charge is 2.16. The van der Waals surface area contributed by atoms with Crippen molar-refractivity contribution in [2.24, 2.45) is 11.7 Å². The Morgan fingerprint density at radius 3 is 2.67 bits per heavy atom. The number of carbonyl (C=O) groups excluding carboxylic acids is 1. The summed E-state index contributed by atoms with van der Waals surface area (Å²) in [7, 11) is 0. The van der Waals surface area contributed by atoms with Crippen LogP contribution in [0.3, 0.4) is 0 Å². The molecule has 0 saturated heterocycles. The molecule has 1 amide bonds. The van der Waals surface area contributed by atoms with Gasteiger partial charge in [0.25, 0.3) is 0 Å². The molecule has 0 saturated carbocycles. The van der Waals surface area contributed by atoms with Gasteiger partial charge in [0.2, 0.25) is 5.91 Å². The lowest BCUT2D eigenvalue weighted by molar-refractivity contribution is -0.125. The first-order valence-electron chi connectivity index (χ1n) is 6.60. The van der Waals surface area contributed by atoms with Crippen molar-refractivity contribution in [1.29, 1.82) is 0 Å². The first-order chi connectivity index (χ1) is 8.50. The molecule has 1 aromatic heterocycles. The number of hydrogen-bond acceptors (Lipinski definition) is 3. The van der Waals surface area contributed by atoms with Gasteiger partial charge in [-0.05, 0) is 38.1 Å². The molecular formula is C14H24N2OS. The number of amides is 1. The number of carbonyl (C=O) groups is 1. The molecule has 102 valence electrons. The van der Waals surface area contributed by atoms with Gasteiger partial charge in [-0.25, -0.2) is 0 Å². The lowest BCUT2D eigenvalue weighted by Gasteiger charge is -2.17. The fraction of sp³-hybridized carbons (Fsp3) is 0.643. The van der Waals surface area contributed by atoms with E-state index < -0.39 is 0 Å². The third-order valence-corrected chi connectivity index (χ3v) is 4.13. The predicted octanol–water partition coefficient (Wildman–Crippen LogP) is 3.08. The maximum absolute atomic E-state index is 12.0. The van der Waals surface area contributed by atoms with Gasteiger partial charge < -0.3 is 11.1 Å². The second-order valence-electron chi connectivity index (χ2n) is 5.05. The molecule has 1 aromatic rings. The molecule has 2 unspecified atom stereocenters. The van der Waals surface area contributed by atoms with E-state index in [9.17, 15) is 4.79 Å². The van der Waals surface area contributed by atoms with Crippen LogP contribution in [0.4, 0.5) is 0 Å². The molecule has 3 N–H and O–H groups in total. The minimum atomic E-state index is 0.0613. The van der Waals surface area contributed by atoms with Gasteiger partial charge in [-0.2, -0.15) is 0 Å². The maximum Gasteiger partial charge on any atom is 0.223 e. The number of nitrogens with one attached hydrogen (secondary N) is 1. The summed E-state index contributed by atoms with van der Waals surface area (Å²) in [4.78, 5) is 13.2. The zero-order valence-electron chi connectivity index (χ0n) is 11.5. The lowest BCUT2D eigenvalue weighted by atomic mass is 10.0. The van der Waals surface area contributed by atoms with Crippen LogP contribution in [0.5, 0.6) is 0 Å². The summed E-state index contributed by atoms with van der Waals surface area (Å²) in [5.41, 5.74) is 5.70. The Morgan fingerprint density at radius 1 is 1.39 bits per heavy atom. The first kappa shape index (κ1) is 15.2. The largest absolute Gasteiger partial charge is 0.349 e. The Hall–Kier alpha value is -0.870. The van der Waals surface area contributed by atoms with Gasteiger partial charge >= 0.3 is 0 Å². The quantitative estimate of drug-likeness (QED) is 0.798. The third kappa shape index (κ3) is 5.19. The maximum atomic E-state index is 12.0. The molecule has 3 atom stereocenters. The van der Waals surface area contributed by atoms with Crippen molar-refractivity contribution in [3.05, 3.63) is 22.4 Å². The molecule has 0 aliphatic carbocycles. The van der Waals surface area contributed by atoms with Gasteiger partial charge in [-0.15, -0.1) is 11.3 Å². The summed E-state index contributed by atoms with van der Waals surface area (Å²) >= 11 is 1.68. The normalized spacial score (nSPS) is 16.0. The molecule has 0 radical (unpaired) electrons. The highest BCUT2D eigenvalue weighted by atomic mass is 32.1. The second-order valence-corrected chi connectivity index (χ2v) is 6.03. The highest BCUT2D eigenvalue weighted by molar-refractivity contribution is 7.10. The number of nitrogens with two attached hydrogens (primary N) is 1. The average molecular weight is 268 g/mol. The van der Waals surface area contributed by atoms with Gasteiger partial charge in [0.05, 0.1) is 6.04 Å². The number of thiophene rings is 1. The van der Waals surface area contributed by atoms with E-state index in [-0.39, 0.29) is 23.9 Å². The second kappa shape index (κ2) is 7.54. The zero-order chi connectivity index (χ0) is 13.5. The van der Waals surface area contributed by atoms with E-state index >= 15 is 0 Å². The van der Waals surface area contributed by atoms with Gasteiger partial charge in [-0.1, -0.05) is 19.4 Å². The number of hydrogen-bond donors (Lipinski definition) is 2. The Bertz CT molecular complexity index is 349. The van der Waals surface area contributed by atoms with Crippen LogP contribution in [-0.2, 0) is 4.79 Å². The van der Waals surface area contributed by atoms with Crippen molar-refractivity contribution >= 4 is 17.2 Å². The summed E-state index contributed by atoms with van der Waals surface area (Å²) in [5.74, 6) is 0.201. The van der Waals surface area contributed by atoms with Crippen LogP contribution in [-0.4, -0.2) is 11.9 Å². The summed E-state index contributed by atoms with van der Waals surface area (Å²) in [6, 6.07) is 4.39. The van der Waals surface area contributed by atoms with Crippen LogP contribution in [0.1, 0.15) is 51.0 Å². The Morgan fingerprint density at radius 2 is 2.11 bits per heavy atom.